The molecule has 100 valence electrons. The second kappa shape index (κ2) is 4.49. The van der Waals surface area contributed by atoms with Crippen molar-refractivity contribution < 1.29 is 14.5 Å². The second-order valence-electron chi connectivity index (χ2n) is 4.85. The number of ether oxygens (including phenoxy) is 1. The normalized spacial score (nSPS) is 25.9. The molecule has 2 atom stereocenters. The van der Waals surface area contributed by atoms with E-state index in [9.17, 15) is 14.9 Å². The summed E-state index contributed by atoms with van der Waals surface area (Å²) in [4.78, 5) is 27.6. The van der Waals surface area contributed by atoms with E-state index in [-0.39, 0.29) is 23.7 Å². The molecule has 3 rings (SSSR count). The van der Waals surface area contributed by atoms with Crippen LogP contribution in [0.4, 0.5) is 11.4 Å². The molecule has 0 unspecified atom stereocenters. The monoisotopic (exact) mass is 263 g/mol. The number of carbonyl (C=O) groups excluding carboxylic acids is 1. The fraction of sp³-hybridized carbons (Fsp3) is 0.500. The lowest BCUT2D eigenvalue weighted by atomic mass is 9.94. The highest BCUT2D eigenvalue weighted by atomic mass is 16.6. The third-order valence-electron chi connectivity index (χ3n) is 3.69. The van der Waals surface area contributed by atoms with Crippen LogP contribution < -0.4 is 4.90 Å². The second-order valence-corrected chi connectivity index (χ2v) is 4.85. The minimum atomic E-state index is -0.426. The lowest BCUT2D eigenvalue weighted by molar-refractivity contribution is -0.384. The number of carbonyl (C=O) groups is 1. The van der Waals surface area contributed by atoms with Crippen LogP contribution in [0.15, 0.2) is 18.5 Å². The number of anilines is 1. The fourth-order valence-electron chi connectivity index (χ4n) is 2.80. The lowest BCUT2D eigenvalue weighted by Gasteiger charge is -2.34. The number of aromatic nitrogens is 1. The third kappa shape index (κ3) is 2.11. The summed E-state index contributed by atoms with van der Waals surface area (Å²) in [6.45, 7) is 1.26. The summed E-state index contributed by atoms with van der Waals surface area (Å²) in [6, 6.07) is 1.65. The van der Waals surface area contributed by atoms with E-state index in [2.05, 4.69) is 4.98 Å². The van der Waals surface area contributed by atoms with Gasteiger partial charge in [0.25, 0.3) is 0 Å². The molecule has 2 saturated heterocycles. The van der Waals surface area contributed by atoms with Crippen molar-refractivity contribution in [2.45, 2.75) is 18.9 Å². The molecule has 2 aliphatic rings. The van der Waals surface area contributed by atoms with Gasteiger partial charge in [-0.15, -0.1) is 0 Å². The Morgan fingerprint density at radius 2 is 2.37 bits per heavy atom. The van der Waals surface area contributed by atoms with Crippen LogP contribution in [0, 0.1) is 16.0 Å². The Labute approximate surface area is 109 Å². The van der Waals surface area contributed by atoms with Gasteiger partial charge in [0.1, 0.15) is 18.0 Å². The number of hydrogen-bond acceptors (Lipinski definition) is 6. The Morgan fingerprint density at radius 3 is 3.16 bits per heavy atom. The summed E-state index contributed by atoms with van der Waals surface area (Å²) in [7, 11) is 0. The summed E-state index contributed by atoms with van der Waals surface area (Å²) in [6.07, 6.45) is 3.91. The quantitative estimate of drug-likeness (QED) is 0.451. The van der Waals surface area contributed by atoms with Crippen molar-refractivity contribution in [1.82, 2.24) is 4.98 Å². The van der Waals surface area contributed by atoms with Gasteiger partial charge in [-0.1, -0.05) is 0 Å². The van der Waals surface area contributed by atoms with E-state index in [4.69, 9.17) is 4.74 Å². The first kappa shape index (κ1) is 11.9. The van der Waals surface area contributed by atoms with Gasteiger partial charge in [-0.25, -0.2) is 0 Å². The van der Waals surface area contributed by atoms with Crippen LogP contribution in [0.1, 0.15) is 12.8 Å². The summed E-state index contributed by atoms with van der Waals surface area (Å²) < 4.78 is 5.22. The molecule has 1 aromatic heterocycles. The van der Waals surface area contributed by atoms with Gasteiger partial charge in [0, 0.05) is 31.6 Å². The van der Waals surface area contributed by atoms with E-state index in [1.165, 1.54) is 6.20 Å². The third-order valence-corrected chi connectivity index (χ3v) is 3.69. The first-order valence-corrected chi connectivity index (χ1v) is 6.18. The van der Waals surface area contributed by atoms with Crippen LogP contribution in [0.2, 0.25) is 0 Å². The molecule has 7 heteroatoms. The molecule has 0 aromatic carbocycles. The Bertz CT molecular complexity index is 533. The van der Waals surface area contributed by atoms with Crippen LogP contribution in [0.5, 0.6) is 0 Å². The minimum absolute atomic E-state index is 0.00573. The Kier molecular flexibility index (Phi) is 2.81. The fourth-order valence-corrected chi connectivity index (χ4v) is 2.80. The van der Waals surface area contributed by atoms with Gasteiger partial charge in [-0.05, 0) is 6.07 Å². The molecule has 0 N–H and O–H groups in total. The van der Waals surface area contributed by atoms with Crippen LogP contribution in [0.3, 0.4) is 0 Å². The minimum Gasteiger partial charge on any atom is -0.462 e. The first-order chi connectivity index (χ1) is 9.15. The summed E-state index contributed by atoms with van der Waals surface area (Å²) >= 11 is 0. The maximum Gasteiger partial charge on any atom is 0.310 e. The predicted molar refractivity (Wildman–Crippen MR) is 65.7 cm³/mol. The SMILES string of the molecule is O=C1C[C@@H]2CN(c3ccncc3[N+](=O)[O-])CC[C@@H]2O1. The largest absolute Gasteiger partial charge is 0.462 e. The maximum absolute atomic E-state index is 11.3. The van der Waals surface area contributed by atoms with Crippen molar-refractivity contribution in [3.8, 4) is 0 Å². The first-order valence-electron chi connectivity index (χ1n) is 6.18. The highest BCUT2D eigenvalue weighted by Crippen LogP contribution is 2.35. The number of nitrogens with zero attached hydrogens (tertiary/aromatic N) is 3. The summed E-state index contributed by atoms with van der Waals surface area (Å²) in [5.41, 5.74) is 0.573. The number of hydrogen-bond donors (Lipinski definition) is 0. The van der Waals surface area contributed by atoms with Gasteiger partial charge in [0.15, 0.2) is 0 Å². The van der Waals surface area contributed by atoms with Gasteiger partial charge in [0.05, 0.1) is 11.3 Å². The van der Waals surface area contributed by atoms with E-state index >= 15 is 0 Å². The highest BCUT2D eigenvalue weighted by molar-refractivity contribution is 5.72. The summed E-state index contributed by atoms with van der Waals surface area (Å²) in [5.74, 6) is -0.0323. The topological polar surface area (TPSA) is 85.6 Å². The maximum atomic E-state index is 11.3. The number of esters is 1. The van der Waals surface area contributed by atoms with E-state index in [0.29, 0.717) is 25.2 Å². The molecule has 7 nitrogen and oxygen atoms in total. The number of pyridine rings is 1. The number of fused-ring (bicyclic) bond motifs is 1. The molecule has 19 heavy (non-hydrogen) atoms. The van der Waals surface area contributed by atoms with Crippen molar-refractivity contribution in [2.75, 3.05) is 18.0 Å². The standard InChI is InChI=1S/C12H13N3O4/c16-12-5-8-7-14(4-2-11(8)19-12)9-1-3-13-6-10(9)15(17)18/h1,3,6,8,11H,2,4-5,7H2/t8-,11+/m1/s1. The number of nitro groups is 1. The highest BCUT2D eigenvalue weighted by Gasteiger charge is 2.40. The lowest BCUT2D eigenvalue weighted by Crippen LogP contribution is -2.41. The van der Waals surface area contributed by atoms with Gasteiger partial charge in [-0.2, -0.15) is 0 Å². The molecule has 0 spiro atoms. The molecule has 3 heterocycles. The van der Waals surface area contributed by atoms with Crippen LogP contribution in [-0.4, -0.2) is 35.1 Å². The average Bonchev–Trinajstić information content (AvgIpc) is 2.77. The molecule has 0 amide bonds. The Morgan fingerprint density at radius 1 is 1.53 bits per heavy atom. The van der Waals surface area contributed by atoms with Gasteiger partial charge < -0.3 is 9.64 Å². The van der Waals surface area contributed by atoms with Crippen molar-refractivity contribution in [3.63, 3.8) is 0 Å². The molecule has 0 bridgehead atoms. The van der Waals surface area contributed by atoms with E-state index in [1.807, 2.05) is 4.90 Å². The number of rotatable bonds is 2. The molecular weight excluding hydrogens is 250 g/mol. The smallest absolute Gasteiger partial charge is 0.310 e. The average molecular weight is 263 g/mol. The van der Waals surface area contributed by atoms with Crippen LogP contribution >= 0.6 is 0 Å². The zero-order chi connectivity index (χ0) is 13.4. The van der Waals surface area contributed by atoms with E-state index in [0.717, 1.165) is 6.42 Å². The molecular formula is C12H13N3O4. The molecule has 0 aliphatic carbocycles. The molecule has 2 fully saturated rings. The Balaban J connectivity index is 1.84. The van der Waals surface area contributed by atoms with Gasteiger partial charge in [-0.3, -0.25) is 19.9 Å². The molecule has 2 aliphatic heterocycles. The predicted octanol–water partition coefficient (Wildman–Crippen LogP) is 1.13. The van der Waals surface area contributed by atoms with E-state index < -0.39 is 4.92 Å². The zero-order valence-corrected chi connectivity index (χ0v) is 10.2. The molecule has 1 aromatic rings. The van der Waals surface area contributed by atoms with Crippen LogP contribution in [-0.2, 0) is 9.53 Å². The van der Waals surface area contributed by atoms with Crippen molar-refractivity contribution in [1.29, 1.82) is 0 Å². The van der Waals surface area contributed by atoms with Crippen molar-refractivity contribution >= 4 is 17.3 Å². The van der Waals surface area contributed by atoms with Gasteiger partial charge >= 0.3 is 11.7 Å². The van der Waals surface area contributed by atoms with E-state index in [1.54, 1.807) is 12.3 Å². The Hall–Kier alpha value is -2.18. The van der Waals surface area contributed by atoms with Crippen molar-refractivity contribution in [2.24, 2.45) is 5.92 Å². The van der Waals surface area contributed by atoms with Crippen molar-refractivity contribution in [3.05, 3.63) is 28.6 Å². The zero-order valence-electron chi connectivity index (χ0n) is 10.2. The number of piperidine rings is 1. The molecule has 0 radical (unpaired) electrons. The molecule has 0 saturated carbocycles. The summed E-state index contributed by atoms with van der Waals surface area (Å²) in [5, 5.41) is 11.0. The van der Waals surface area contributed by atoms with Gasteiger partial charge in [0.2, 0.25) is 0 Å². The van der Waals surface area contributed by atoms with Crippen LogP contribution in [0.25, 0.3) is 0 Å².